The zero-order valence-electron chi connectivity index (χ0n) is 19.6. The summed E-state index contributed by atoms with van der Waals surface area (Å²) in [6, 6.07) is 9.75. The fourth-order valence-electron chi connectivity index (χ4n) is 4.42. The molecule has 0 radical (unpaired) electrons. The van der Waals surface area contributed by atoms with Gasteiger partial charge in [-0.25, -0.2) is 0 Å². The van der Waals surface area contributed by atoms with Crippen LogP contribution in [-0.4, -0.2) is 57.6 Å². The van der Waals surface area contributed by atoms with Gasteiger partial charge >= 0.3 is 0 Å². The molecule has 2 heterocycles. The average Bonchev–Trinajstić information content (AvgIpc) is 3.50. The normalized spacial score (nSPS) is 15.0. The van der Waals surface area contributed by atoms with Crippen LogP contribution in [-0.2, 0) is 6.42 Å². The predicted octanol–water partition coefficient (Wildman–Crippen LogP) is 4.55. The van der Waals surface area contributed by atoms with E-state index in [1.807, 2.05) is 30.3 Å². The molecule has 1 fully saturated rings. The highest BCUT2D eigenvalue weighted by Crippen LogP contribution is 2.51. The first-order valence-electron chi connectivity index (χ1n) is 11.5. The lowest BCUT2D eigenvalue weighted by atomic mass is 10.00. The molecule has 1 N–H and O–H groups in total. The molecule has 1 atom stereocenters. The number of methoxy groups -OCH3 is 3. The Labute approximate surface area is 195 Å². The SMILES string of the molecule is COc1ccc(CCC(O)c2occ(OC)c3cc(OCCN4CCCC4)c(OC)c2-3)cc1. The number of aliphatic hydroxyl groups is 1. The Balaban J connectivity index is 1.54. The molecule has 0 saturated carbocycles. The molecule has 0 amide bonds. The van der Waals surface area contributed by atoms with E-state index >= 15 is 0 Å². The monoisotopic (exact) mass is 455 g/mol. The first kappa shape index (κ1) is 23.3. The van der Waals surface area contributed by atoms with Crippen LogP contribution in [0.2, 0.25) is 0 Å². The van der Waals surface area contributed by atoms with Crippen LogP contribution in [0.5, 0.6) is 23.0 Å². The minimum atomic E-state index is -0.811. The average molecular weight is 456 g/mol. The van der Waals surface area contributed by atoms with Crippen LogP contribution in [0.1, 0.15) is 36.7 Å². The number of nitrogens with zero attached hydrogens (tertiary/aromatic N) is 1. The van der Waals surface area contributed by atoms with Crippen molar-refractivity contribution in [3.63, 3.8) is 0 Å². The molecule has 0 spiro atoms. The van der Waals surface area contributed by atoms with Crippen molar-refractivity contribution in [2.45, 2.75) is 31.8 Å². The number of benzene rings is 1. The standard InChI is InChI=1S/C26H33NO6/c1-29-19-9-6-18(7-10-19)8-11-21(28)25-24-20(23(30-2)17-33-25)16-22(26(24)31-3)32-15-14-27-12-4-5-13-27/h6-7,9-10,16-17,21,28H,4-5,8,11-15H2,1-3H3. The first-order chi connectivity index (χ1) is 16.1. The molecule has 2 aliphatic heterocycles. The van der Waals surface area contributed by atoms with Gasteiger partial charge in [-0.2, -0.15) is 0 Å². The van der Waals surface area contributed by atoms with Gasteiger partial charge in [0.1, 0.15) is 30.5 Å². The Morgan fingerprint density at radius 3 is 2.42 bits per heavy atom. The highest BCUT2D eigenvalue weighted by Gasteiger charge is 2.30. The van der Waals surface area contributed by atoms with E-state index in [1.54, 1.807) is 21.3 Å². The van der Waals surface area contributed by atoms with Crippen molar-refractivity contribution in [1.82, 2.24) is 4.90 Å². The van der Waals surface area contributed by atoms with E-state index in [2.05, 4.69) is 4.90 Å². The number of rotatable bonds is 11. The van der Waals surface area contributed by atoms with E-state index in [0.29, 0.717) is 48.0 Å². The molecule has 1 unspecified atom stereocenters. The summed E-state index contributed by atoms with van der Waals surface area (Å²) in [5.74, 6) is 3.03. The maximum Gasteiger partial charge on any atom is 0.172 e. The molecule has 0 bridgehead atoms. The third kappa shape index (κ3) is 5.20. The van der Waals surface area contributed by atoms with Gasteiger partial charge in [0.2, 0.25) is 0 Å². The van der Waals surface area contributed by atoms with E-state index < -0.39 is 6.10 Å². The summed E-state index contributed by atoms with van der Waals surface area (Å²) < 4.78 is 28.4. The third-order valence-electron chi connectivity index (χ3n) is 6.26. The number of hydrogen-bond acceptors (Lipinski definition) is 7. The van der Waals surface area contributed by atoms with Crippen molar-refractivity contribution in [2.75, 3.05) is 47.6 Å². The predicted molar refractivity (Wildman–Crippen MR) is 126 cm³/mol. The van der Waals surface area contributed by atoms with E-state index in [9.17, 15) is 5.11 Å². The molecule has 178 valence electrons. The maximum atomic E-state index is 11.0. The number of likely N-dealkylation sites (tertiary alicyclic amines) is 1. The number of aliphatic hydroxyl groups excluding tert-OH is 1. The lowest BCUT2D eigenvalue weighted by Crippen LogP contribution is -2.25. The number of hydrogen-bond donors (Lipinski definition) is 1. The fraction of sp³-hybridized carbons (Fsp3) is 0.462. The van der Waals surface area contributed by atoms with Crippen LogP contribution in [0.3, 0.4) is 0 Å². The minimum absolute atomic E-state index is 0.450. The Kier molecular flexibility index (Phi) is 7.62. The van der Waals surface area contributed by atoms with Gasteiger partial charge < -0.3 is 28.5 Å². The van der Waals surface area contributed by atoms with Crippen LogP contribution in [0.15, 0.2) is 41.0 Å². The lowest BCUT2D eigenvalue weighted by Gasteiger charge is -2.17. The Morgan fingerprint density at radius 1 is 1.00 bits per heavy atom. The van der Waals surface area contributed by atoms with Gasteiger partial charge in [-0.05, 0) is 62.5 Å². The van der Waals surface area contributed by atoms with Crippen molar-refractivity contribution in [3.05, 3.63) is 47.9 Å². The van der Waals surface area contributed by atoms with Crippen LogP contribution in [0.25, 0.3) is 11.1 Å². The number of aryl methyl sites for hydroxylation is 1. The van der Waals surface area contributed by atoms with Gasteiger partial charge in [0.25, 0.3) is 0 Å². The van der Waals surface area contributed by atoms with Gasteiger partial charge in [-0.3, -0.25) is 4.90 Å². The summed E-state index contributed by atoms with van der Waals surface area (Å²) in [6.07, 6.45) is 4.41. The third-order valence-corrected chi connectivity index (χ3v) is 6.26. The lowest BCUT2D eigenvalue weighted by molar-refractivity contribution is 0.138. The Hall–Kier alpha value is -2.90. The number of fused-ring (bicyclic) bond motifs is 1. The fourth-order valence-corrected chi connectivity index (χ4v) is 4.42. The summed E-state index contributed by atoms with van der Waals surface area (Å²) in [5, 5.41) is 11.0. The van der Waals surface area contributed by atoms with Gasteiger partial charge in [0.05, 0.1) is 26.9 Å². The van der Waals surface area contributed by atoms with Gasteiger partial charge in [0, 0.05) is 12.1 Å². The molecule has 1 saturated heterocycles. The van der Waals surface area contributed by atoms with Crippen molar-refractivity contribution in [3.8, 4) is 34.1 Å². The zero-order chi connectivity index (χ0) is 23.2. The second-order valence-corrected chi connectivity index (χ2v) is 8.30. The molecule has 4 rings (SSSR count). The molecule has 1 aliphatic carbocycles. The Morgan fingerprint density at radius 2 is 1.76 bits per heavy atom. The molecule has 7 nitrogen and oxygen atoms in total. The highest BCUT2D eigenvalue weighted by atomic mass is 16.5. The summed E-state index contributed by atoms with van der Waals surface area (Å²) in [6.45, 7) is 3.70. The molecule has 7 heteroatoms. The van der Waals surface area contributed by atoms with Crippen LogP contribution in [0, 0.1) is 0 Å². The summed E-state index contributed by atoms with van der Waals surface area (Å²) in [7, 11) is 4.85. The maximum absolute atomic E-state index is 11.0. The van der Waals surface area contributed by atoms with Crippen molar-refractivity contribution < 1.29 is 28.5 Å². The first-order valence-corrected chi connectivity index (χ1v) is 11.5. The Bertz CT molecular complexity index is 993. The topological polar surface area (TPSA) is 73.5 Å². The quantitative estimate of drug-likeness (QED) is 0.455. The van der Waals surface area contributed by atoms with E-state index in [0.717, 1.165) is 36.5 Å². The van der Waals surface area contributed by atoms with Gasteiger partial charge in [-0.15, -0.1) is 0 Å². The molecule has 1 aromatic rings. The van der Waals surface area contributed by atoms with Crippen molar-refractivity contribution in [2.24, 2.45) is 0 Å². The van der Waals surface area contributed by atoms with Gasteiger partial charge in [-0.1, -0.05) is 12.1 Å². The van der Waals surface area contributed by atoms with Crippen molar-refractivity contribution in [1.29, 1.82) is 0 Å². The minimum Gasteiger partial charge on any atom is -0.497 e. The molecule has 1 aromatic carbocycles. The molecular weight excluding hydrogens is 422 g/mol. The number of ether oxygens (including phenoxy) is 4. The van der Waals surface area contributed by atoms with Crippen LogP contribution >= 0.6 is 0 Å². The smallest absolute Gasteiger partial charge is 0.172 e. The molecule has 33 heavy (non-hydrogen) atoms. The van der Waals surface area contributed by atoms with E-state index in [-0.39, 0.29) is 0 Å². The zero-order valence-corrected chi connectivity index (χ0v) is 19.6. The largest absolute Gasteiger partial charge is 0.497 e. The van der Waals surface area contributed by atoms with E-state index in [4.69, 9.17) is 23.4 Å². The molecule has 3 aliphatic rings. The van der Waals surface area contributed by atoms with Crippen LogP contribution < -0.4 is 18.9 Å². The highest BCUT2D eigenvalue weighted by molar-refractivity contribution is 5.85. The van der Waals surface area contributed by atoms with Crippen LogP contribution in [0.4, 0.5) is 0 Å². The summed E-state index contributed by atoms with van der Waals surface area (Å²) in [5.41, 5.74) is 2.60. The molecule has 0 aromatic heterocycles. The van der Waals surface area contributed by atoms with E-state index in [1.165, 1.54) is 19.1 Å². The summed E-state index contributed by atoms with van der Waals surface area (Å²) >= 11 is 0. The second-order valence-electron chi connectivity index (χ2n) is 8.30. The van der Waals surface area contributed by atoms with Crippen molar-refractivity contribution >= 4 is 0 Å². The summed E-state index contributed by atoms with van der Waals surface area (Å²) in [4.78, 5) is 2.40. The second kappa shape index (κ2) is 10.8. The molecular formula is C26H33NO6. The van der Waals surface area contributed by atoms with Gasteiger partial charge in [0.15, 0.2) is 17.2 Å².